The minimum Gasteiger partial charge on any atom is -0.454 e. The van der Waals surface area contributed by atoms with E-state index in [1.165, 1.54) is 33.4 Å². The van der Waals surface area contributed by atoms with Crippen LogP contribution in [0, 0.1) is 0 Å². The van der Waals surface area contributed by atoms with Crippen LogP contribution in [0.1, 0.15) is 25.0 Å². The van der Waals surface area contributed by atoms with Crippen molar-refractivity contribution in [1.29, 1.82) is 0 Å². The van der Waals surface area contributed by atoms with Crippen molar-refractivity contribution in [1.82, 2.24) is 0 Å². The second kappa shape index (κ2) is 5.75. The lowest BCUT2D eigenvalue weighted by Crippen LogP contribution is -2.14. The van der Waals surface area contributed by atoms with Gasteiger partial charge >= 0.3 is 0 Å². The smallest absolute Gasteiger partial charge is 0.153 e. The van der Waals surface area contributed by atoms with E-state index in [0.29, 0.717) is 5.02 Å². The summed E-state index contributed by atoms with van der Waals surface area (Å²) in [5, 5.41) is 2.81. The van der Waals surface area contributed by atoms with Crippen LogP contribution in [-0.4, -0.2) is 0 Å². The molecular formula is C27H19ClO. The molecule has 0 fully saturated rings. The molecule has 2 heteroatoms. The first-order valence-electron chi connectivity index (χ1n) is 9.89. The van der Waals surface area contributed by atoms with Crippen molar-refractivity contribution in [2.45, 2.75) is 19.3 Å². The highest BCUT2D eigenvalue weighted by molar-refractivity contribution is 6.35. The molecule has 1 heterocycles. The van der Waals surface area contributed by atoms with Crippen LogP contribution < -0.4 is 0 Å². The quantitative estimate of drug-likeness (QED) is 0.279. The Morgan fingerprint density at radius 2 is 1.45 bits per heavy atom. The summed E-state index contributed by atoms with van der Waals surface area (Å²) in [6.45, 7) is 4.63. The van der Waals surface area contributed by atoms with E-state index in [1.54, 1.807) is 0 Å². The van der Waals surface area contributed by atoms with Crippen molar-refractivity contribution in [3.63, 3.8) is 0 Å². The molecule has 0 aliphatic heterocycles. The van der Waals surface area contributed by atoms with Gasteiger partial charge in [-0.15, -0.1) is 0 Å². The molecule has 0 amide bonds. The van der Waals surface area contributed by atoms with E-state index in [9.17, 15) is 0 Å². The van der Waals surface area contributed by atoms with Gasteiger partial charge in [-0.1, -0.05) is 80.0 Å². The predicted octanol–water partition coefficient (Wildman–Crippen LogP) is 8.21. The first kappa shape index (κ1) is 16.9. The van der Waals surface area contributed by atoms with Crippen LogP contribution in [0.4, 0.5) is 0 Å². The number of benzene rings is 4. The predicted molar refractivity (Wildman–Crippen MR) is 122 cm³/mol. The number of hydrogen-bond donors (Lipinski definition) is 0. The van der Waals surface area contributed by atoms with Gasteiger partial charge in [0, 0.05) is 16.2 Å². The van der Waals surface area contributed by atoms with Crippen LogP contribution in [0.2, 0.25) is 5.02 Å². The second-order valence-electron chi connectivity index (χ2n) is 8.36. The largest absolute Gasteiger partial charge is 0.454 e. The molecule has 29 heavy (non-hydrogen) atoms. The molecule has 1 nitrogen and oxygen atoms in total. The maximum atomic E-state index is 6.33. The topological polar surface area (TPSA) is 13.1 Å². The third-order valence-corrected chi connectivity index (χ3v) is 6.66. The zero-order chi connectivity index (χ0) is 19.8. The lowest BCUT2D eigenvalue weighted by molar-refractivity contribution is 0.660. The Kier molecular flexibility index (Phi) is 3.34. The fourth-order valence-corrected chi connectivity index (χ4v) is 5.04. The normalized spacial score (nSPS) is 14.3. The number of hydrogen-bond acceptors (Lipinski definition) is 1. The van der Waals surface area contributed by atoms with Gasteiger partial charge in [0.2, 0.25) is 0 Å². The molecule has 6 rings (SSSR count). The SMILES string of the molecule is CC1(C)c2ccccc2-c2ccc(-c3ccc4oc5c(Cl)cccc5c4c3)cc21. The Labute approximate surface area is 174 Å². The minimum absolute atomic E-state index is 0.00189. The molecule has 0 bridgehead atoms. The van der Waals surface area contributed by atoms with Crippen LogP contribution in [-0.2, 0) is 5.41 Å². The van der Waals surface area contributed by atoms with Gasteiger partial charge in [-0.05, 0) is 57.6 Å². The summed E-state index contributed by atoms with van der Waals surface area (Å²) in [4.78, 5) is 0. The van der Waals surface area contributed by atoms with Crippen molar-refractivity contribution in [3.8, 4) is 22.3 Å². The van der Waals surface area contributed by atoms with Gasteiger partial charge in [0.25, 0.3) is 0 Å². The summed E-state index contributed by atoms with van der Waals surface area (Å²) in [6.07, 6.45) is 0. The van der Waals surface area contributed by atoms with Gasteiger partial charge < -0.3 is 4.42 Å². The van der Waals surface area contributed by atoms with Gasteiger partial charge in [0.15, 0.2) is 5.58 Å². The standard InChI is InChI=1S/C27H19ClO/c1-27(2)22-8-4-3-6-18(22)19-12-10-17(15-23(19)27)16-11-13-25-21(14-16)20-7-5-9-24(28)26(20)29-25/h3-15H,1-2H3. The van der Waals surface area contributed by atoms with Gasteiger partial charge in [-0.3, -0.25) is 0 Å². The minimum atomic E-state index is 0.00189. The molecule has 4 aromatic carbocycles. The molecule has 0 saturated heterocycles. The summed E-state index contributed by atoms with van der Waals surface area (Å²) < 4.78 is 5.99. The summed E-state index contributed by atoms with van der Waals surface area (Å²) in [5.74, 6) is 0. The van der Waals surface area contributed by atoms with E-state index in [-0.39, 0.29) is 5.41 Å². The Balaban J connectivity index is 1.55. The number of para-hydroxylation sites is 1. The highest BCUT2D eigenvalue weighted by Gasteiger charge is 2.35. The summed E-state index contributed by atoms with van der Waals surface area (Å²) >= 11 is 6.33. The molecular weight excluding hydrogens is 376 g/mol. The van der Waals surface area contributed by atoms with Crippen LogP contribution in [0.15, 0.2) is 83.3 Å². The van der Waals surface area contributed by atoms with E-state index < -0.39 is 0 Å². The summed E-state index contributed by atoms with van der Waals surface area (Å²) in [7, 11) is 0. The Morgan fingerprint density at radius 1 is 0.690 bits per heavy atom. The molecule has 1 aliphatic carbocycles. The molecule has 5 aromatic rings. The fraction of sp³-hybridized carbons (Fsp3) is 0.111. The molecule has 0 atom stereocenters. The maximum absolute atomic E-state index is 6.33. The van der Waals surface area contributed by atoms with E-state index in [2.05, 4.69) is 74.5 Å². The molecule has 140 valence electrons. The van der Waals surface area contributed by atoms with E-state index >= 15 is 0 Å². The molecule has 0 spiro atoms. The third kappa shape index (κ3) is 2.28. The maximum Gasteiger partial charge on any atom is 0.153 e. The summed E-state index contributed by atoms with van der Waals surface area (Å²) in [6, 6.07) is 27.9. The first-order chi connectivity index (χ1) is 14.0. The Bertz CT molecular complexity index is 1440. The molecule has 0 unspecified atom stereocenters. The number of fused-ring (bicyclic) bond motifs is 6. The number of halogens is 1. The van der Waals surface area contributed by atoms with E-state index in [4.69, 9.17) is 16.0 Å². The van der Waals surface area contributed by atoms with Crippen LogP contribution in [0.5, 0.6) is 0 Å². The number of furan rings is 1. The van der Waals surface area contributed by atoms with Crippen molar-refractivity contribution in [2.75, 3.05) is 0 Å². The summed E-state index contributed by atoms with van der Waals surface area (Å²) in [5.41, 5.74) is 9.52. The van der Waals surface area contributed by atoms with Crippen LogP contribution >= 0.6 is 11.6 Å². The van der Waals surface area contributed by atoms with Gasteiger partial charge in [0.05, 0.1) is 5.02 Å². The molecule has 0 radical (unpaired) electrons. The lowest BCUT2D eigenvalue weighted by atomic mass is 9.81. The zero-order valence-corrected chi connectivity index (χ0v) is 17.0. The third-order valence-electron chi connectivity index (χ3n) is 6.37. The Hall–Kier alpha value is -3.03. The zero-order valence-electron chi connectivity index (χ0n) is 16.3. The van der Waals surface area contributed by atoms with Crippen LogP contribution in [0.3, 0.4) is 0 Å². The van der Waals surface area contributed by atoms with Gasteiger partial charge in [-0.2, -0.15) is 0 Å². The van der Waals surface area contributed by atoms with Crippen LogP contribution in [0.25, 0.3) is 44.2 Å². The second-order valence-corrected chi connectivity index (χ2v) is 8.77. The monoisotopic (exact) mass is 394 g/mol. The molecule has 1 aromatic heterocycles. The van der Waals surface area contributed by atoms with Crippen molar-refractivity contribution >= 4 is 33.5 Å². The van der Waals surface area contributed by atoms with Crippen molar-refractivity contribution < 1.29 is 4.42 Å². The van der Waals surface area contributed by atoms with Crippen molar-refractivity contribution in [3.05, 3.63) is 95.0 Å². The Morgan fingerprint density at radius 3 is 2.34 bits per heavy atom. The highest BCUT2D eigenvalue weighted by atomic mass is 35.5. The highest BCUT2D eigenvalue weighted by Crippen LogP contribution is 2.49. The first-order valence-corrected chi connectivity index (χ1v) is 10.3. The fourth-order valence-electron chi connectivity index (χ4n) is 4.83. The molecule has 0 saturated carbocycles. The van der Waals surface area contributed by atoms with E-state index in [0.717, 1.165) is 21.9 Å². The van der Waals surface area contributed by atoms with Gasteiger partial charge in [-0.25, -0.2) is 0 Å². The average molecular weight is 395 g/mol. The van der Waals surface area contributed by atoms with Crippen molar-refractivity contribution in [2.24, 2.45) is 0 Å². The average Bonchev–Trinajstić information content (AvgIpc) is 3.22. The molecule has 0 N–H and O–H groups in total. The van der Waals surface area contributed by atoms with Gasteiger partial charge in [0.1, 0.15) is 5.58 Å². The number of rotatable bonds is 1. The molecule has 1 aliphatic rings. The van der Waals surface area contributed by atoms with E-state index in [1.807, 2.05) is 18.2 Å². The lowest BCUT2D eigenvalue weighted by Gasteiger charge is -2.22.